The monoisotopic (exact) mass is 512 g/mol. The van der Waals surface area contributed by atoms with Crippen LogP contribution in [0.1, 0.15) is 59.8 Å². The fourth-order valence-electron chi connectivity index (χ4n) is 4.50. The molecule has 0 bridgehead atoms. The molecule has 4 rings (SSSR count). The highest BCUT2D eigenvalue weighted by Crippen LogP contribution is 2.34. The summed E-state index contributed by atoms with van der Waals surface area (Å²) in [7, 11) is 3.05. The van der Waals surface area contributed by atoms with Gasteiger partial charge in [-0.05, 0) is 48.2 Å². The van der Waals surface area contributed by atoms with Crippen molar-refractivity contribution in [3.63, 3.8) is 0 Å². The second-order valence-corrected chi connectivity index (χ2v) is 9.27. The number of halogens is 1. The van der Waals surface area contributed by atoms with E-state index in [2.05, 4.69) is 14.1 Å². The number of amides is 2. The number of methoxy groups -OCH3 is 2. The van der Waals surface area contributed by atoms with Gasteiger partial charge in [0.1, 0.15) is 11.9 Å². The maximum Gasteiger partial charge on any atom is 0.276 e. The maximum absolute atomic E-state index is 13.9. The number of nitrogens with one attached hydrogen (secondary N) is 1. The van der Waals surface area contributed by atoms with Crippen molar-refractivity contribution in [3.05, 3.63) is 71.3 Å². The van der Waals surface area contributed by atoms with Gasteiger partial charge in [0.25, 0.3) is 5.91 Å². The lowest BCUT2D eigenvalue weighted by molar-refractivity contribution is -0.127. The second-order valence-electron chi connectivity index (χ2n) is 8.71. The Balaban J connectivity index is 1.77. The van der Waals surface area contributed by atoms with E-state index in [0.717, 1.165) is 43.8 Å². The smallest absolute Gasteiger partial charge is 0.276 e. The number of hydrogen-bond donors (Lipinski definition) is 1. The minimum Gasteiger partial charge on any atom is -0.493 e. The van der Waals surface area contributed by atoms with Crippen LogP contribution in [-0.2, 0) is 11.3 Å². The third kappa shape index (κ3) is 5.99. The zero-order valence-electron chi connectivity index (χ0n) is 20.3. The van der Waals surface area contributed by atoms with Gasteiger partial charge in [-0.2, -0.15) is 8.75 Å². The third-order valence-corrected chi connectivity index (χ3v) is 6.82. The molecule has 1 N–H and O–H groups in total. The summed E-state index contributed by atoms with van der Waals surface area (Å²) in [5.74, 6) is -0.186. The standard InChI is InChI=1S/C26H29FN4O4S/c1-34-22-13-10-18(14-23(22)35-2)24(25(32)29-20-6-4-3-5-7-20)31(26(33)21-15-28-36-30-21)16-17-8-11-19(27)12-9-17/h8-15,20,24H,3-7,16H2,1-2H3,(H,29,32)/t24-/m1/s1. The van der Waals surface area contributed by atoms with Gasteiger partial charge >= 0.3 is 0 Å². The van der Waals surface area contributed by atoms with Crippen LogP contribution in [0.15, 0.2) is 48.7 Å². The van der Waals surface area contributed by atoms with E-state index in [0.29, 0.717) is 22.6 Å². The minimum atomic E-state index is -0.994. The molecule has 8 nitrogen and oxygen atoms in total. The SMILES string of the molecule is COc1ccc([C@H](C(=O)NC2CCCCC2)N(Cc2ccc(F)cc2)C(=O)c2cnsn2)cc1OC. The van der Waals surface area contributed by atoms with Crippen molar-refractivity contribution >= 4 is 23.5 Å². The van der Waals surface area contributed by atoms with Gasteiger partial charge in [0.15, 0.2) is 17.2 Å². The number of rotatable bonds is 9. The number of carbonyl (C=O) groups excluding carboxylic acids is 2. The van der Waals surface area contributed by atoms with Gasteiger partial charge < -0.3 is 19.7 Å². The lowest BCUT2D eigenvalue weighted by Crippen LogP contribution is -2.47. The molecule has 2 amide bonds. The molecular weight excluding hydrogens is 483 g/mol. The number of ether oxygens (including phenoxy) is 2. The van der Waals surface area contributed by atoms with E-state index in [1.807, 2.05) is 0 Å². The summed E-state index contributed by atoms with van der Waals surface area (Å²) in [6.45, 7) is 0.0632. The van der Waals surface area contributed by atoms with E-state index in [1.54, 1.807) is 30.3 Å². The summed E-state index contributed by atoms with van der Waals surface area (Å²) in [6.07, 6.45) is 6.43. The molecule has 36 heavy (non-hydrogen) atoms. The van der Waals surface area contributed by atoms with E-state index in [1.165, 1.54) is 37.4 Å². The van der Waals surface area contributed by atoms with Gasteiger partial charge in [-0.25, -0.2) is 4.39 Å². The van der Waals surface area contributed by atoms with Gasteiger partial charge in [0.2, 0.25) is 5.91 Å². The molecule has 0 unspecified atom stereocenters. The Labute approximate surface area is 213 Å². The first-order chi connectivity index (χ1) is 17.5. The zero-order valence-corrected chi connectivity index (χ0v) is 21.1. The molecule has 2 aromatic carbocycles. The van der Waals surface area contributed by atoms with Crippen molar-refractivity contribution in [2.75, 3.05) is 14.2 Å². The fraction of sp³-hybridized carbons (Fsp3) is 0.385. The van der Waals surface area contributed by atoms with Crippen LogP contribution in [0.25, 0.3) is 0 Å². The van der Waals surface area contributed by atoms with Crippen molar-refractivity contribution in [2.24, 2.45) is 0 Å². The Morgan fingerprint density at radius 2 is 1.81 bits per heavy atom. The lowest BCUT2D eigenvalue weighted by atomic mass is 9.94. The van der Waals surface area contributed by atoms with E-state index >= 15 is 0 Å². The van der Waals surface area contributed by atoms with Crippen LogP contribution in [-0.4, -0.2) is 45.7 Å². The van der Waals surface area contributed by atoms with E-state index < -0.39 is 11.9 Å². The molecule has 1 aliphatic carbocycles. The molecule has 1 saturated carbocycles. The Morgan fingerprint density at radius 1 is 1.08 bits per heavy atom. The first-order valence-corrected chi connectivity index (χ1v) is 12.6. The van der Waals surface area contributed by atoms with Crippen LogP contribution < -0.4 is 14.8 Å². The summed E-state index contributed by atoms with van der Waals surface area (Å²) in [5, 5.41) is 3.16. The van der Waals surface area contributed by atoms with Crippen LogP contribution in [0.5, 0.6) is 11.5 Å². The summed E-state index contributed by atoms with van der Waals surface area (Å²) in [5.41, 5.74) is 1.36. The van der Waals surface area contributed by atoms with Gasteiger partial charge in [-0.15, -0.1) is 0 Å². The van der Waals surface area contributed by atoms with Crippen molar-refractivity contribution in [2.45, 2.75) is 50.7 Å². The molecule has 190 valence electrons. The van der Waals surface area contributed by atoms with Crippen LogP contribution in [0.2, 0.25) is 0 Å². The Bertz CT molecular complexity index is 1170. The molecule has 0 spiro atoms. The van der Waals surface area contributed by atoms with Crippen LogP contribution >= 0.6 is 11.7 Å². The number of nitrogens with zero attached hydrogens (tertiary/aromatic N) is 3. The van der Waals surface area contributed by atoms with Crippen molar-refractivity contribution in [1.29, 1.82) is 0 Å². The summed E-state index contributed by atoms with van der Waals surface area (Å²) < 4.78 is 32.5. The van der Waals surface area contributed by atoms with Crippen LogP contribution in [0.3, 0.4) is 0 Å². The molecule has 0 saturated heterocycles. The molecule has 10 heteroatoms. The number of benzene rings is 2. The summed E-state index contributed by atoms with van der Waals surface area (Å²) in [6, 6.07) is 10.1. The number of carbonyl (C=O) groups is 2. The molecule has 1 heterocycles. The normalized spacial score (nSPS) is 14.6. The largest absolute Gasteiger partial charge is 0.493 e. The molecule has 0 aliphatic heterocycles. The predicted octanol–water partition coefficient (Wildman–Crippen LogP) is 4.53. The molecule has 0 radical (unpaired) electrons. The first-order valence-electron chi connectivity index (χ1n) is 11.9. The molecule has 1 atom stereocenters. The van der Waals surface area contributed by atoms with Crippen LogP contribution in [0, 0.1) is 5.82 Å². The molecule has 3 aromatic rings. The van der Waals surface area contributed by atoms with Crippen molar-refractivity contribution in [3.8, 4) is 11.5 Å². The quantitative estimate of drug-likeness (QED) is 0.453. The first kappa shape index (κ1) is 25.6. The van der Waals surface area contributed by atoms with Crippen molar-refractivity contribution < 1.29 is 23.5 Å². The average Bonchev–Trinajstić information content (AvgIpc) is 3.44. The van der Waals surface area contributed by atoms with Gasteiger partial charge in [-0.3, -0.25) is 9.59 Å². The Kier molecular flexibility index (Phi) is 8.48. The molecule has 1 aromatic heterocycles. The number of hydrogen-bond acceptors (Lipinski definition) is 7. The van der Waals surface area contributed by atoms with E-state index in [-0.39, 0.29) is 30.0 Å². The summed E-state index contributed by atoms with van der Waals surface area (Å²) in [4.78, 5) is 29.0. The third-order valence-electron chi connectivity index (χ3n) is 6.34. The highest BCUT2D eigenvalue weighted by Gasteiger charge is 2.35. The molecule has 1 aliphatic rings. The average molecular weight is 513 g/mol. The Hall–Kier alpha value is -3.53. The fourth-order valence-corrected chi connectivity index (χ4v) is 4.90. The molecular formula is C26H29FN4O4S. The topological polar surface area (TPSA) is 93.7 Å². The second kappa shape index (κ2) is 11.9. The zero-order chi connectivity index (χ0) is 25.5. The predicted molar refractivity (Wildman–Crippen MR) is 133 cm³/mol. The highest BCUT2D eigenvalue weighted by molar-refractivity contribution is 6.99. The number of aromatic nitrogens is 2. The van der Waals surface area contributed by atoms with Gasteiger partial charge in [0, 0.05) is 12.6 Å². The minimum absolute atomic E-state index is 0.0395. The maximum atomic E-state index is 13.9. The van der Waals surface area contributed by atoms with Gasteiger partial charge in [-0.1, -0.05) is 37.5 Å². The Morgan fingerprint density at radius 3 is 2.44 bits per heavy atom. The molecule has 1 fully saturated rings. The lowest BCUT2D eigenvalue weighted by Gasteiger charge is -2.33. The van der Waals surface area contributed by atoms with Crippen LogP contribution in [0.4, 0.5) is 4.39 Å². The highest BCUT2D eigenvalue weighted by atomic mass is 32.1. The van der Waals surface area contributed by atoms with Crippen molar-refractivity contribution in [1.82, 2.24) is 19.0 Å². The van der Waals surface area contributed by atoms with E-state index in [4.69, 9.17) is 9.47 Å². The summed E-state index contributed by atoms with van der Waals surface area (Å²) >= 11 is 0.915. The van der Waals surface area contributed by atoms with E-state index in [9.17, 15) is 14.0 Å². The van der Waals surface area contributed by atoms with Gasteiger partial charge in [0.05, 0.1) is 32.1 Å².